The Morgan fingerprint density at radius 3 is 1.76 bits per heavy atom. The van der Waals surface area contributed by atoms with Crippen molar-refractivity contribution in [2.75, 3.05) is 13.1 Å². The van der Waals surface area contributed by atoms with Crippen molar-refractivity contribution in [1.82, 2.24) is 9.80 Å². The lowest BCUT2D eigenvalue weighted by Crippen LogP contribution is -2.51. The van der Waals surface area contributed by atoms with Gasteiger partial charge in [0.2, 0.25) is 11.8 Å². The lowest BCUT2D eigenvalue weighted by Gasteiger charge is -2.39. The van der Waals surface area contributed by atoms with Crippen LogP contribution in [0.2, 0.25) is 0 Å². The van der Waals surface area contributed by atoms with Crippen LogP contribution < -0.4 is 0 Å². The van der Waals surface area contributed by atoms with Crippen LogP contribution >= 0.6 is 0 Å². The molecule has 4 heteroatoms. The number of likely N-dealkylation sites (tertiary alicyclic amines) is 2. The Morgan fingerprint density at radius 1 is 0.840 bits per heavy atom. The first kappa shape index (κ1) is 18.0. The highest BCUT2D eigenvalue weighted by Gasteiger charge is 2.38. The normalized spacial score (nSPS) is 25.5. The molecular weight excluding hydrogens is 312 g/mol. The fourth-order valence-electron chi connectivity index (χ4n) is 4.22. The van der Waals surface area contributed by atoms with Crippen LogP contribution in [0.1, 0.15) is 63.9 Å². The summed E-state index contributed by atoms with van der Waals surface area (Å²) in [6.45, 7) is 5.75. The Labute approximate surface area is 151 Å². The SMILES string of the molecule is CC1CCCCN1C(=O)C(C(=O)N1CCCCC1C)c1ccccc1. The smallest absolute Gasteiger partial charge is 0.239 e. The first-order valence-electron chi connectivity index (χ1n) is 9.75. The lowest BCUT2D eigenvalue weighted by molar-refractivity contribution is -0.146. The highest BCUT2D eigenvalue weighted by molar-refractivity contribution is 6.06. The molecule has 0 N–H and O–H groups in total. The van der Waals surface area contributed by atoms with Crippen molar-refractivity contribution < 1.29 is 9.59 Å². The van der Waals surface area contributed by atoms with E-state index in [0.717, 1.165) is 57.2 Å². The minimum atomic E-state index is -0.692. The van der Waals surface area contributed by atoms with Gasteiger partial charge in [0.1, 0.15) is 5.92 Å². The van der Waals surface area contributed by atoms with E-state index in [0.29, 0.717) is 0 Å². The van der Waals surface area contributed by atoms with Crippen LogP contribution in [0.4, 0.5) is 0 Å². The molecule has 0 aliphatic carbocycles. The average Bonchev–Trinajstić information content (AvgIpc) is 2.63. The zero-order chi connectivity index (χ0) is 17.8. The third kappa shape index (κ3) is 3.88. The van der Waals surface area contributed by atoms with E-state index in [-0.39, 0.29) is 23.9 Å². The molecule has 1 aromatic carbocycles. The van der Waals surface area contributed by atoms with Gasteiger partial charge in [0.15, 0.2) is 0 Å². The summed E-state index contributed by atoms with van der Waals surface area (Å²) in [6, 6.07) is 10.1. The second kappa shape index (κ2) is 8.03. The molecule has 2 aliphatic heterocycles. The summed E-state index contributed by atoms with van der Waals surface area (Å²) in [6.07, 6.45) is 6.46. The number of piperidine rings is 2. The van der Waals surface area contributed by atoms with Gasteiger partial charge in [-0.3, -0.25) is 9.59 Å². The van der Waals surface area contributed by atoms with Crippen LogP contribution in [-0.4, -0.2) is 46.8 Å². The van der Waals surface area contributed by atoms with Gasteiger partial charge in [-0.25, -0.2) is 0 Å². The average molecular weight is 342 g/mol. The van der Waals surface area contributed by atoms with E-state index in [1.165, 1.54) is 0 Å². The van der Waals surface area contributed by atoms with E-state index in [1.54, 1.807) is 0 Å². The molecule has 0 radical (unpaired) electrons. The molecule has 2 amide bonds. The maximum Gasteiger partial charge on any atom is 0.239 e. The first-order valence-corrected chi connectivity index (χ1v) is 9.75. The molecule has 136 valence electrons. The second-order valence-corrected chi connectivity index (χ2v) is 7.60. The predicted molar refractivity (Wildman–Crippen MR) is 99.2 cm³/mol. The zero-order valence-corrected chi connectivity index (χ0v) is 15.5. The summed E-state index contributed by atoms with van der Waals surface area (Å²) < 4.78 is 0. The van der Waals surface area contributed by atoms with Crippen molar-refractivity contribution in [3.05, 3.63) is 35.9 Å². The molecule has 25 heavy (non-hydrogen) atoms. The van der Waals surface area contributed by atoms with Crippen molar-refractivity contribution in [3.63, 3.8) is 0 Å². The van der Waals surface area contributed by atoms with Gasteiger partial charge < -0.3 is 9.80 Å². The van der Waals surface area contributed by atoms with Crippen molar-refractivity contribution >= 4 is 11.8 Å². The van der Waals surface area contributed by atoms with Crippen molar-refractivity contribution in [1.29, 1.82) is 0 Å². The number of amides is 2. The molecule has 2 saturated heterocycles. The topological polar surface area (TPSA) is 40.6 Å². The summed E-state index contributed by atoms with van der Waals surface area (Å²) >= 11 is 0. The molecular formula is C21H30N2O2. The fraction of sp³-hybridized carbons (Fsp3) is 0.619. The van der Waals surface area contributed by atoms with Gasteiger partial charge in [-0.2, -0.15) is 0 Å². The quantitative estimate of drug-likeness (QED) is 0.788. The molecule has 2 heterocycles. The Morgan fingerprint density at radius 2 is 1.32 bits per heavy atom. The van der Waals surface area contributed by atoms with Crippen molar-refractivity contribution in [2.45, 2.75) is 70.4 Å². The van der Waals surface area contributed by atoms with Crippen LogP contribution in [0.25, 0.3) is 0 Å². The minimum Gasteiger partial charge on any atom is -0.339 e. The van der Waals surface area contributed by atoms with Crippen LogP contribution in [-0.2, 0) is 9.59 Å². The Hall–Kier alpha value is -1.84. The van der Waals surface area contributed by atoms with Gasteiger partial charge in [-0.15, -0.1) is 0 Å². The number of carbonyl (C=O) groups excluding carboxylic acids is 2. The van der Waals surface area contributed by atoms with Gasteiger partial charge in [-0.1, -0.05) is 30.3 Å². The third-order valence-electron chi connectivity index (χ3n) is 5.80. The highest BCUT2D eigenvalue weighted by Crippen LogP contribution is 2.28. The van der Waals surface area contributed by atoms with E-state index >= 15 is 0 Å². The molecule has 2 atom stereocenters. The number of hydrogen-bond donors (Lipinski definition) is 0. The van der Waals surface area contributed by atoms with Crippen LogP contribution in [0.5, 0.6) is 0 Å². The van der Waals surface area contributed by atoms with E-state index in [9.17, 15) is 9.59 Å². The molecule has 2 fully saturated rings. The molecule has 0 spiro atoms. The maximum absolute atomic E-state index is 13.4. The van der Waals surface area contributed by atoms with E-state index in [1.807, 2.05) is 40.1 Å². The van der Waals surface area contributed by atoms with Crippen LogP contribution in [0, 0.1) is 0 Å². The van der Waals surface area contributed by atoms with Crippen LogP contribution in [0.3, 0.4) is 0 Å². The molecule has 0 bridgehead atoms. The molecule has 1 aromatic rings. The summed E-state index contributed by atoms with van der Waals surface area (Å²) in [4.78, 5) is 30.6. The second-order valence-electron chi connectivity index (χ2n) is 7.60. The lowest BCUT2D eigenvalue weighted by atomic mass is 9.91. The first-order chi connectivity index (χ1) is 12.1. The minimum absolute atomic E-state index is 0.0128. The van der Waals surface area contributed by atoms with Gasteiger partial charge in [-0.05, 0) is 57.9 Å². The van der Waals surface area contributed by atoms with E-state index < -0.39 is 5.92 Å². The largest absolute Gasteiger partial charge is 0.339 e. The van der Waals surface area contributed by atoms with E-state index in [2.05, 4.69) is 13.8 Å². The number of carbonyl (C=O) groups is 2. The Kier molecular flexibility index (Phi) is 5.77. The van der Waals surface area contributed by atoms with Gasteiger partial charge in [0.05, 0.1) is 0 Å². The predicted octanol–water partition coefficient (Wildman–Crippen LogP) is 3.57. The number of benzene rings is 1. The Bertz CT molecular complexity index is 567. The summed E-state index contributed by atoms with van der Waals surface area (Å²) in [5.74, 6) is -0.718. The number of hydrogen-bond acceptors (Lipinski definition) is 2. The number of rotatable bonds is 3. The van der Waals surface area contributed by atoms with Gasteiger partial charge >= 0.3 is 0 Å². The maximum atomic E-state index is 13.4. The summed E-state index contributed by atoms with van der Waals surface area (Å²) in [7, 11) is 0. The third-order valence-corrected chi connectivity index (χ3v) is 5.80. The standard InChI is InChI=1S/C21H30N2O2/c1-16-10-6-8-14-22(16)20(24)19(18-12-4-3-5-13-18)21(25)23-15-9-7-11-17(23)2/h3-5,12-13,16-17,19H,6-11,14-15H2,1-2H3. The molecule has 4 nitrogen and oxygen atoms in total. The molecule has 3 rings (SSSR count). The monoisotopic (exact) mass is 342 g/mol. The number of nitrogens with zero attached hydrogens (tertiary/aromatic N) is 2. The fourth-order valence-corrected chi connectivity index (χ4v) is 4.22. The molecule has 2 aliphatic rings. The summed E-state index contributed by atoms with van der Waals surface area (Å²) in [5, 5.41) is 0. The van der Waals surface area contributed by atoms with Crippen molar-refractivity contribution in [2.24, 2.45) is 0 Å². The van der Waals surface area contributed by atoms with E-state index in [4.69, 9.17) is 0 Å². The molecule has 0 saturated carbocycles. The van der Waals surface area contributed by atoms with Crippen LogP contribution in [0.15, 0.2) is 30.3 Å². The molecule has 2 unspecified atom stereocenters. The highest BCUT2D eigenvalue weighted by atomic mass is 16.2. The summed E-state index contributed by atoms with van der Waals surface area (Å²) in [5.41, 5.74) is 0.827. The Balaban J connectivity index is 1.89. The van der Waals surface area contributed by atoms with Gasteiger partial charge in [0.25, 0.3) is 0 Å². The zero-order valence-electron chi connectivity index (χ0n) is 15.5. The van der Waals surface area contributed by atoms with Gasteiger partial charge in [0, 0.05) is 25.2 Å². The van der Waals surface area contributed by atoms with Crippen molar-refractivity contribution in [3.8, 4) is 0 Å². The molecule has 0 aromatic heterocycles.